The van der Waals surface area contributed by atoms with Crippen molar-refractivity contribution in [2.24, 2.45) is 0 Å². The summed E-state index contributed by atoms with van der Waals surface area (Å²) in [4.78, 5) is 18.4. The molecule has 0 radical (unpaired) electrons. The van der Waals surface area contributed by atoms with Crippen LogP contribution in [-0.4, -0.2) is 44.1 Å². The first-order valence-electron chi connectivity index (χ1n) is 8.86. The van der Waals surface area contributed by atoms with Crippen LogP contribution in [0.25, 0.3) is 5.82 Å². The molecule has 1 saturated heterocycles. The van der Waals surface area contributed by atoms with Gasteiger partial charge in [-0.15, -0.1) is 0 Å². The van der Waals surface area contributed by atoms with Crippen LogP contribution < -0.4 is 0 Å². The van der Waals surface area contributed by atoms with E-state index >= 15 is 0 Å². The van der Waals surface area contributed by atoms with Gasteiger partial charge in [-0.25, -0.2) is 18.9 Å². The van der Waals surface area contributed by atoms with Crippen molar-refractivity contribution >= 4 is 17.7 Å². The highest BCUT2D eigenvalue weighted by Crippen LogP contribution is 2.37. The number of nitriles is 1. The van der Waals surface area contributed by atoms with Gasteiger partial charge in [-0.1, -0.05) is 17.7 Å². The van der Waals surface area contributed by atoms with E-state index in [1.807, 2.05) is 6.07 Å². The molecule has 1 aliphatic rings. The molecule has 1 aliphatic heterocycles. The Balaban J connectivity index is 2.06. The van der Waals surface area contributed by atoms with Crippen molar-refractivity contribution in [2.45, 2.75) is 51.9 Å². The number of carbonyl (C=O) groups is 1. The maximum Gasteiger partial charge on any atom is 0.410 e. The van der Waals surface area contributed by atoms with E-state index in [2.05, 4.69) is 10.1 Å². The number of hydrogen-bond donors (Lipinski definition) is 0. The molecule has 7 nitrogen and oxygen atoms in total. The van der Waals surface area contributed by atoms with E-state index in [0.717, 1.165) is 0 Å². The van der Waals surface area contributed by atoms with Crippen molar-refractivity contribution < 1.29 is 13.9 Å². The third-order valence-electron chi connectivity index (χ3n) is 4.31. The number of aromatic nitrogens is 3. The van der Waals surface area contributed by atoms with E-state index in [0.29, 0.717) is 17.1 Å². The van der Waals surface area contributed by atoms with Crippen LogP contribution in [0.4, 0.5) is 9.18 Å². The lowest BCUT2D eigenvalue weighted by Crippen LogP contribution is -2.37. The van der Waals surface area contributed by atoms with Gasteiger partial charge in [-0.3, -0.25) is 4.90 Å². The Morgan fingerprint density at radius 3 is 2.75 bits per heavy atom. The fraction of sp³-hybridized carbons (Fsp3) is 0.474. The Labute approximate surface area is 167 Å². The van der Waals surface area contributed by atoms with Crippen LogP contribution in [0, 0.1) is 18.3 Å². The van der Waals surface area contributed by atoms with Crippen LogP contribution in [0.3, 0.4) is 0 Å². The van der Waals surface area contributed by atoms with Crippen molar-refractivity contribution in [2.75, 3.05) is 6.54 Å². The Hall–Kier alpha value is -2.66. The zero-order valence-electron chi connectivity index (χ0n) is 16.1. The highest BCUT2D eigenvalue weighted by Gasteiger charge is 2.40. The SMILES string of the molecule is Cc1cc(C#N)nn1-c1nc(Cl)ccc1[C@H]1C[C@@H](F)CN1C(=O)OC(C)(C)C. The van der Waals surface area contributed by atoms with Crippen LogP contribution in [0.15, 0.2) is 18.2 Å². The molecule has 0 N–H and O–H groups in total. The molecule has 2 aromatic heterocycles. The maximum atomic E-state index is 14.3. The van der Waals surface area contributed by atoms with Crippen LogP contribution in [-0.2, 0) is 4.74 Å². The van der Waals surface area contributed by atoms with Crippen molar-refractivity contribution in [3.63, 3.8) is 0 Å². The van der Waals surface area contributed by atoms with Crippen molar-refractivity contribution in [1.82, 2.24) is 19.7 Å². The molecule has 0 aromatic carbocycles. The molecule has 3 heterocycles. The number of likely N-dealkylation sites (tertiary alicyclic amines) is 1. The molecule has 148 valence electrons. The number of hydrogen-bond acceptors (Lipinski definition) is 5. The summed E-state index contributed by atoms with van der Waals surface area (Å²) in [6.07, 6.45) is -1.66. The monoisotopic (exact) mass is 405 g/mol. The summed E-state index contributed by atoms with van der Waals surface area (Å²) < 4.78 is 21.2. The fourth-order valence-corrected chi connectivity index (χ4v) is 3.35. The van der Waals surface area contributed by atoms with Crippen molar-refractivity contribution in [3.05, 3.63) is 40.3 Å². The average molecular weight is 406 g/mol. The lowest BCUT2D eigenvalue weighted by Gasteiger charge is -2.29. The fourth-order valence-electron chi connectivity index (χ4n) is 3.21. The predicted molar refractivity (Wildman–Crippen MR) is 101 cm³/mol. The normalized spacial score (nSPS) is 19.5. The number of ether oxygens (including phenoxy) is 1. The predicted octanol–water partition coefficient (Wildman–Crippen LogP) is 4.12. The van der Waals surface area contributed by atoms with Gasteiger partial charge in [-0.2, -0.15) is 10.4 Å². The number of rotatable bonds is 2. The van der Waals surface area contributed by atoms with Gasteiger partial charge in [0.2, 0.25) is 0 Å². The Morgan fingerprint density at radius 1 is 1.43 bits per heavy atom. The third kappa shape index (κ3) is 4.09. The summed E-state index contributed by atoms with van der Waals surface area (Å²) in [6.45, 7) is 6.99. The molecule has 2 aromatic rings. The van der Waals surface area contributed by atoms with Gasteiger partial charge in [0.15, 0.2) is 11.5 Å². The van der Waals surface area contributed by atoms with E-state index in [4.69, 9.17) is 21.6 Å². The molecule has 9 heteroatoms. The molecule has 0 bridgehead atoms. The first-order valence-corrected chi connectivity index (χ1v) is 9.24. The average Bonchev–Trinajstić information content (AvgIpc) is 3.16. The minimum Gasteiger partial charge on any atom is -0.444 e. The topological polar surface area (TPSA) is 84.0 Å². The van der Waals surface area contributed by atoms with Gasteiger partial charge in [0.1, 0.15) is 23.0 Å². The van der Waals surface area contributed by atoms with Gasteiger partial charge in [-0.05, 0) is 39.8 Å². The number of carbonyl (C=O) groups excluding carboxylic acids is 1. The van der Waals surface area contributed by atoms with E-state index in [-0.39, 0.29) is 23.8 Å². The summed E-state index contributed by atoms with van der Waals surface area (Å²) in [5, 5.41) is 13.6. The summed E-state index contributed by atoms with van der Waals surface area (Å²) in [5.41, 5.74) is 0.790. The number of nitrogens with zero attached hydrogens (tertiary/aromatic N) is 5. The van der Waals surface area contributed by atoms with Crippen molar-refractivity contribution in [3.8, 4) is 11.9 Å². The molecular weight excluding hydrogens is 385 g/mol. The summed E-state index contributed by atoms with van der Waals surface area (Å²) in [7, 11) is 0. The zero-order chi connectivity index (χ0) is 20.6. The standard InChI is InChI=1S/C19H21ClFN5O2/c1-11-7-13(9-22)24-26(11)17-14(5-6-16(20)23-17)15-8-12(21)10-25(15)18(27)28-19(2,3)4/h5-7,12,15H,8,10H2,1-4H3/t12-,15-/m1/s1. The summed E-state index contributed by atoms with van der Waals surface area (Å²) in [6, 6.07) is 6.31. The van der Waals surface area contributed by atoms with Crippen LogP contribution in [0.2, 0.25) is 5.15 Å². The van der Waals surface area contributed by atoms with Gasteiger partial charge >= 0.3 is 6.09 Å². The Morgan fingerprint density at radius 2 is 2.14 bits per heavy atom. The Kier molecular flexibility index (Phi) is 5.31. The minimum atomic E-state index is -1.19. The molecule has 0 unspecified atom stereocenters. The summed E-state index contributed by atoms with van der Waals surface area (Å²) >= 11 is 6.08. The third-order valence-corrected chi connectivity index (χ3v) is 4.52. The second kappa shape index (κ2) is 7.40. The highest BCUT2D eigenvalue weighted by molar-refractivity contribution is 6.29. The van der Waals surface area contributed by atoms with Gasteiger partial charge in [0, 0.05) is 17.7 Å². The lowest BCUT2D eigenvalue weighted by atomic mass is 10.0. The van der Waals surface area contributed by atoms with Gasteiger partial charge in [0.25, 0.3) is 0 Å². The lowest BCUT2D eigenvalue weighted by molar-refractivity contribution is 0.0216. The summed E-state index contributed by atoms with van der Waals surface area (Å²) in [5.74, 6) is 0.360. The van der Waals surface area contributed by atoms with E-state index in [1.165, 1.54) is 9.58 Å². The second-order valence-electron chi connectivity index (χ2n) is 7.72. The molecule has 3 rings (SSSR count). The molecule has 28 heavy (non-hydrogen) atoms. The quantitative estimate of drug-likeness (QED) is 0.701. The van der Waals surface area contributed by atoms with Crippen LogP contribution in [0.1, 0.15) is 50.2 Å². The number of halogens is 2. The first-order chi connectivity index (χ1) is 13.1. The smallest absolute Gasteiger partial charge is 0.410 e. The zero-order valence-corrected chi connectivity index (χ0v) is 16.9. The highest BCUT2D eigenvalue weighted by atomic mass is 35.5. The van der Waals surface area contributed by atoms with E-state index in [9.17, 15) is 9.18 Å². The molecule has 1 fully saturated rings. The molecule has 0 aliphatic carbocycles. The first kappa shape index (κ1) is 20.1. The second-order valence-corrected chi connectivity index (χ2v) is 8.11. The van der Waals surface area contributed by atoms with Gasteiger partial charge in [0.05, 0.1) is 12.6 Å². The van der Waals surface area contributed by atoms with Crippen molar-refractivity contribution in [1.29, 1.82) is 5.26 Å². The van der Waals surface area contributed by atoms with Crippen LogP contribution >= 0.6 is 11.6 Å². The maximum absolute atomic E-state index is 14.3. The van der Waals surface area contributed by atoms with E-state index in [1.54, 1.807) is 45.9 Å². The number of alkyl halides is 1. The molecule has 2 atom stereocenters. The Bertz CT molecular complexity index is 947. The minimum absolute atomic E-state index is 0.0663. The number of aryl methyl sites for hydroxylation is 1. The van der Waals surface area contributed by atoms with Gasteiger partial charge < -0.3 is 4.74 Å². The van der Waals surface area contributed by atoms with E-state index < -0.39 is 23.9 Å². The van der Waals surface area contributed by atoms with Crippen LogP contribution in [0.5, 0.6) is 0 Å². The number of pyridine rings is 1. The number of amides is 1. The molecule has 0 saturated carbocycles. The molecule has 1 amide bonds. The molecule has 0 spiro atoms. The molecular formula is C19H21ClFN5O2. The largest absolute Gasteiger partial charge is 0.444 e.